The lowest BCUT2D eigenvalue weighted by Crippen LogP contribution is -2.23. The maximum absolute atomic E-state index is 5.67. The summed E-state index contributed by atoms with van der Waals surface area (Å²) in [5.74, 6) is 1.79. The molecule has 0 aliphatic carbocycles. The number of anilines is 1. The number of para-hydroxylation sites is 1. The molecule has 0 amide bonds. The summed E-state index contributed by atoms with van der Waals surface area (Å²) in [5, 5.41) is 1.09. The Balaban J connectivity index is 1.87. The van der Waals surface area contributed by atoms with E-state index in [1.807, 2.05) is 24.3 Å². The number of nitrogens with two attached hydrogens (primary N) is 1. The van der Waals surface area contributed by atoms with Crippen LogP contribution in [0.5, 0.6) is 0 Å². The van der Waals surface area contributed by atoms with Crippen LogP contribution < -0.4 is 10.6 Å². The predicted molar refractivity (Wildman–Crippen MR) is 95.7 cm³/mol. The molecule has 4 nitrogen and oxygen atoms in total. The van der Waals surface area contributed by atoms with Gasteiger partial charge < -0.3 is 10.6 Å². The van der Waals surface area contributed by atoms with Crippen molar-refractivity contribution in [2.45, 2.75) is 12.8 Å². The van der Waals surface area contributed by atoms with Gasteiger partial charge in [0, 0.05) is 25.4 Å². The highest BCUT2D eigenvalue weighted by atomic mass is 15.2. The molecule has 0 fully saturated rings. The van der Waals surface area contributed by atoms with Gasteiger partial charge in [0.25, 0.3) is 0 Å². The lowest BCUT2D eigenvalue weighted by Gasteiger charge is -2.20. The van der Waals surface area contributed by atoms with Crippen LogP contribution >= 0.6 is 0 Å². The molecule has 1 heterocycles. The Bertz CT molecular complexity index is 771. The average molecular weight is 306 g/mol. The van der Waals surface area contributed by atoms with Crippen LogP contribution in [0.4, 0.5) is 5.82 Å². The molecule has 4 heteroatoms. The van der Waals surface area contributed by atoms with Crippen LogP contribution in [-0.2, 0) is 12.8 Å². The number of benzene rings is 2. The first kappa shape index (κ1) is 15.4. The SMILES string of the molecule is CN(CCc1ccccc1)c1nc(CCN)nc2ccccc12. The van der Waals surface area contributed by atoms with Crippen molar-refractivity contribution in [1.82, 2.24) is 9.97 Å². The summed E-state index contributed by atoms with van der Waals surface area (Å²) in [6.45, 7) is 1.47. The zero-order chi connectivity index (χ0) is 16.1. The van der Waals surface area contributed by atoms with E-state index in [-0.39, 0.29) is 0 Å². The van der Waals surface area contributed by atoms with Gasteiger partial charge >= 0.3 is 0 Å². The lowest BCUT2D eigenvalue weighted by molar-refractivity contribution is 0.832. The first-order chi connectivity index (χ1) is 11.3. The summed E-state index contributed by atoms with van der Waals surface area (Å²) in [7, 11) is 2.09. The van der Waals surface area contributed by atoms with E-state index in [9.17, 15) is 0 Å². The molecule has 0 aliphatic heterocycles. The first-order valence-electron chi connectivity index (χ1n) is 7.98. The van der Waals surface area contributed by atoms with Gasteiger partial charge in [0.15, 0.2) is 0 Å². The highest BCUT2D eigenvalue weighted by molar-refractivity contribution is 5.89. The van der Waals surface area contributed by atoms with Gasteiger partial charge in [-0.25, -0.2) is 9.97 Å². The normalized spacial score (nSPS) is 10.9. The summed E-state index contributed by atoms with van der Waals surface area (Å²) >= 11 is 0. The number of aromatic nitrogens is 2. The molecule has 0 bridgehead atoms. The highest BCUT2D eigenvalue weighted by Crippen LogP contribution is 2.23. The van der Waals surface area contributed by atoms with E-state index >= 15 is 0 Å². The second kappa shape index (κ2) is 7.20. The van der Waals surface area contributed by atoms with Crippen LogP contribution in [0.2, 0.25) is 0 Å². The maximum atomic E-state index is 5.67. The number of hydrogen-bond donors (Lipinski definition) is 1. The van der Waals surface area contributed by atoms with Crippen LogP contribution in [-0.4, -0.2) is 30.1 Å². The molecule has 1 aromatic heterocycles. The Hall–Kier alpha value is -2.46. The van der Waals surface area contributed by atoms with Crippen LogP contribution in [0.1, 0.15) is 11.4 Å². The molecule has 0 radical (unpaired) electrons. The highest BCUT2D eigenvalue weighted by Gasteiger charge is 2.11. The van der Waals surface area contributed by atoms with E-state index in [4.69, 9.17) is 10.7 Å². The molecule has 0 saturated heterocycles. The van der Waals surface area contributed by atoms with E-state index in [0.29, 0.717) is 13.0 Å². The molecule has 2 aromatic carbocycles. The summed E-state index contributed by atoms with van der Waals surface area (Å²) in [6, 6.07) is 18.7. The van der Waals surface area contributed by atoms with Gasteiger partial charge in [-0.3, -0.25) is 0 Å². The van der Waals surface area contributed by atoms with Crippen molar-refractivity contribution in [3.63, 3.8) is 0 Å². The zero-order valence-electron chi connectivity index (χ0n) is 13.4. The topological polar surface area (TPSA) is 55.0 Å². The number of likely N-dealkylation sites (N-methyl/N-ethyl adjacent to an activating group) is 1. The molecule has 3 aromatic rings. The summed E-state index contributed by atoms with van der Waals surface area (Å²) in [6.07, 6.45) is 1.69. The van der Waals surface area contributed by atoms with Crippen LogP contribution in [0.3, 0.4) is 0 Å². The smallest absolute Gasteiger partial charge is 0.139 e. The summed E-state index contributed by atoms with van der Waals surface area (Å²) in [5.41, 5.74) is 7.98. The minimum absolute atomic E-state index is 0.561. The molecule has 0 spiro atoms. The van der Waals surface area contributed by atoms with Crippen LogP contribution in [0, 0.1) is 0 Å². The maximum Gasteiger partial charge on any atom is 0.139 e. The molecule has 0 atom stereocenters. The van der Waals surface area contributed by atoms with Gasteiger partial charge in [0.05, 0.1) is 5.52 Å². The Morgan fingerprint density at radius 2 is 1.65 bits per heavy atom. The van der Waals surface area contributed by atoms with Gasteiger partial charge in [-0.05, 0) is 30.7 Å². The summed E-state index contributed by atoms with van der Waals surface area (Å²) in [4.78, 5) is 11.6. The quantitative estimate of drug-likeness (QED) is 0.761. The molecular formula is C19H22N4. The molecule has 2 N–H and O–H groups in total. The Labute approximate surface area is 137 Å². The fourth-order valence-electron chi connectivity index (χ4n) is 2.69. The largest absolute Gasteiger partial charge is 0.359 e. The minimum Gasteiger partial charge on any atom is -0.359 e. The fourth-order valence-corrected chi connectivity index (χ4v) is 2.69. The number of nitrogens with zero attached hydrogens (tertiary/aromatic N) is 3. The van der Waals surface area contributed by atoms with Gasteiger partial charge in [-0.2, -0.15) is 0 Å². The molecule has 0 unspecified atom stereocenters. The molecule has 0 aliphatic rings. The minimum atomic E-state index is 0.561. The third kappa shape index (κ3) is 3.66. The van der Waals surface area contributed by atoms with E-state index in [1.54, 1.807) is 0 Å². The van der Waals surface area contributed by atoms with Crippen molar-refractivity contribution in [2.24, 2.45) is 5.73 Å². The second-order valence-electron chi connectivity index (χ2n) is 5.68. The van der Waals surface area contributed by atoms with Crippen molar-refractivity contribution in [1.29, 1.82) is 0 Å². The van der Waals surface area contributed by atoms with Gasteiger partial charge in [0.1, 0.15) is 11.6 Å². The van der Waals surface area contributed by atoms with Crippen LogP contribution in [0.25, 0.3) is 10.9 Å². The van der Waals surface area contributed by atoms with Crippen molar-refractivity contribution in [2.75, 3.05) is 25.0 Å². The van der Waals surface area contributed by atoms with Gasteiger partial charge in [-0.15, -0.1) is 0 Å². The third-order valence-corrected chi connectivity index (χ3v) is 3.94. The van der Waals surface area contributed by atoms with Crippen molar-refractivity contribution in [3.05, 3.63) is 66.0 Å². The Kier molecular flexibility index (Phi) is 4.83. The van der Waals surface area contributed by atoms with Crippen molar-refractivity contribution >= 4 is 16.7 Å². The van der Waals surface area contributed by atoms with Crippen LogP contribution in [0.15, 0.2) is 54.6 Å². The van der Waals surface area contributed by atoms with Crippen molar-refractivity contribution < 1.29 is 0 Å². The van der Waals surface area contributed by atoms with E-state index in [0.717, 1.165) is 35.5 Å². The number of fused-ring (bicyclic) bond motifs is 1. The van der Waals surface area contributed by atoms with Gasteiger partial charge in [0.2, 0.25) is 0 Å². The van der Waals surface area contributed by atoms with E-state index in [2.05, 4.69) is 47.3 Å². The first-order valence-corrected chi connectivity index (χ1v) is 7.98. The molecule has 0 saturated carbocycles. The standard InChI is InChI=1S/C19H22N4/c1-23(14-12-15-7-3-2-4-8-15)19-16-9-5-6-10-17(16)21-18(22-19)11-13-20/h2-10H,11-14,20H2,1H3. The number of rotatable bonds is 6. The Morgan fingerprint density at radius 1 is 0.913 bits per heavy atom. The molecule has 118 valence electrons. The van der Waals surface area contributed by atoms with E-state index < -0.39 is 0 Å². The number of hydrogen-bond acceptors (Lipinski definition) is 4. The molecule has 23 heavy (non-hydrogen) atoms. The molecule has 3 rings (SSSR count). The average Bonchev–Trinajstić information content (AvgIpc) is 2.60. The molecular weight excluding hydrogens is 284 g/mol. The second-order valence-corrected chi connectivity index (χ2v) is 5.68. The predicted octanol–water partition coefficient (Wildman–Crippen LogP) is 2.81. The van der Waals surface area contributed by atoms with E-state index in [1.165, 1.54) is 5.56 Å². The van der Waals surface area contributed by atoms with Crippen molar-refractivity contribution in [3.8, 4) is 0 Å². The fraction of sp³-hybridized carbons (Fsp3) is 0.263. The van der Waals surface area contributed by atoms with Gasteiger partial charge in [-0.1, -0.05) is 42.5 Å². The third-order valence-electron chi connectivity index (χ3n) is 3.94. The Morgan fingerprint density at radius 3 is 2.43 bits per heavy atom. The lowest BCUT2D eigenvalue weighted by atomic mass is 10.1. The zero-order valence-corrected chi connectivity index (χ0v) is 13.4. The monoisotopic (exact) mass is 306 g/mol. The summed E-state index contributed by atoms with van der Waals surface area (Å²) < 4.78 is 0.